The third-order valence-electron chi connectivity index (χ3n) is 2.75. The van der Waals surface area contributed by atoms with Gasteiger partial charge in [0.25, 0.3) is 0 Å². The first kappa shape index (κ1) is 9.16. The molecule has 0 fully saturated rings. The van der Waals surface area contributed by atoms with Gasteiger partial charge in [-0.05, 0) is 35.9 Å². The van der Waals surface area contributed by atoms with Gasteiger partial charge in [0.1, 0.15) is 0 Å². The number of aromatic nitrogens is 2. The number of hydrogen-bond donors (Lipinski definition) is 1. The molecule has 3 rings (SSSR count). The molecule has 2 nitrogen and oxygen atoms in total. The summed E-state index contributed by atoms with van der Waals surface area (Å²) in [6, 6.07) is 12.5. The Balaban J connectivity index is 2.18. The Morgan fingerprint density at radius 2 is 1.88 bits per heavy atom. The van der Waals surface area contributed by atoms with E-state index in [2.05, 4.69) is 28.2 Å². The highest BCUT2D eigenvalue weighted by Gasteiger charge is 2.01. The van der Waals surface area contributed by atoms with Crippen LogP contribution >= 0.6 is 0 Å². The van der Waals surface area contributed by atoms with Crippen LogP contribution in [0, 0.1) is 6.92 Å². The molecule has 16 heavy (non-hydrogen) atoms. The van der Waals surface area contributed by atoms with Crippen LogP contribution in [0.4, 0.5) is 0 Å². The number of aromatic amines is 1. The second kappa shape index (κ2) is 3.49. The molecule has 0 bridgehead atoms. The number of nitrogens with zero attached hydrogens (tertiary/aromatic N) is 1. The van der Waals surface area contributed by atoms with Crippen LogP contribution in [0.15, 0.2) is 48.8 Å². The topological polar surface area (TPSA) is 28.7 Å². The van der Waals surface area contributed by atoms with Gasteiger partial charge in [-0.25, -0.2) is 0 Å². The van der Waals surface area contributed by atoms with Crippen LogP contribution in [-0.4, -0.2) is 9.97 Å². The first-order chi connectivity index (χ1) is 7.83. The average molecular weight is 208 g/mol. The van der Waals surface area contributed by atoms with E-state index in [1.54, 1.807) is 0 Å². The predicted molar refractivity (Wildman–Crippen MR) is 66.3 cm³/mol. The summed E-state index contributed by atoms with van der Waals surface area (Å²) in [6.45, 7) is 2.01. The van der Waals surface area contributed by atoms with Gasteiger partial charge in [-0.3, -0.25) is 4.98 Å². The van der Waals surface area contributed by atoms with E-state index in [1.807, 2.05) is 37.5 Å². The fourth-order valence-corrected chi connectivity index (χ4v) is 1.92. The number of aryl methyl sites for hydroxylation is 1. The SMILES string of the molecule is Cc1cccc(-c2ccc3c[nH]cc3c2)n1. The van der Waals surface area contributed by atoms with Crippen molar-refractivity contribution in [2.75, 3.05) is 0 Å². The van der Waals surface area contributed by atoms with E-state index in [0.29, 0.717) is 0 Å². The molecular weight excluding hydrogens is 196 g/mol. The number of pyridine rings is 1. The number of benzene rings is 1. The quantitative estimate of drug-likeness (QED) is 0.651. The smallest absolute Gasteiger partial charge is 0.0705 e. The lowest BCUT2D eigenvalue weighted by molar-refractivity contribution is 1.21. The summed E-state index contributed by atoms with van der Waals surface area (Å²) in [4.78, 5) is 7.63. The van der Waals surface area contributed by atoms with Crippen LogP contribution < -0.4 is 0 Å². The first-order valence-electron chi connectivity index (χ1n) is 5.33. The number of H-pyrrole nitrogens is 1. The molecule has 0 atom stereocenters. The largest absolute Gasteiger partial charge is 0.366 e. The van der Waals surface area contributed by atoms with E-state index in [4.69, 9.17) is 0 Å². The molecule has 0 radical (unpaired) electrons. The Morgan fingerprint density at radius 1 is 1.00 bits per heavy atom. The van der Waals surface area contributed by atoms with E-state index in [9.17, 15) is 0 Å². The highest BCUT2D eigenvalue weighted by atomic mass is 14.7. The van der Waals surface area contributed by atoms with Crippen molar-refractivity contribution in [3.05, 3.63) is 54.5 Å². The number of hydrogen-bond acceptors (Lipinski definition) is 1. The Hall–Kier alpha value is -2.09. The fraction of sp³-hybridized carbons (Fsp3) is 0.0714. The summed E-state index contributed by atoms with van der Waals surface area (Å²) in [5, 5.41) is 2.46. The van der Waals surface area contributed by atoms with E-state index in [0.717, 1.165) is 17.0 Å². The van der Waals surface area contributed by atoms with Crippen LogP contribution in [-0.2, 0) is 0 Å². The lowest BCUT2D eigenvalue weighted by Crippen LogP contribution is -1.85. The summed E-state index contributed by atoms with van der Waals surface area (Å²) in [7, 11) is 0. The first-order valence-corrected chi connectivity index (χ1v) is 5.33. The molecule has 0 aliphatic heterocycles. The highest BCUT2D eigenvalue weighted by molar-refractivity contribution is 5.86. The van der Waals surface area contributed by atoms with Gasteiger partial charge in [0.2, 0.25) is 0 Å². The Morgan fingerprint density at radius 3 is 2.75 bits per heavy atom. The number of nitrogens with one attached hydrogen (secondary N) is 1. The maximum absolute atomic E-state index is 4.52. The van der Waals surface area contributed by atoms with E-state index in [1.165, 1.54) is 10.8 Å². The molecule has 3 aromatic rings. The van der Waals surface area contributed by atoms with Crippen molar-refractivity contribution >= 4 is 10.8 Å². The second-order valence-corrected chi connectivity index (χ2v) is 3.96. The van der Waals surface area contributed by atoms with Crippen LogP contribution in [0.2, 0.25) is 0 Å². The molecular formula is C14H12N2. The van der Waals surface area contributed by atoms with Gasteiger partial charge in [-0.1, -0.05) is 18.2 Å². The van der Waals surface area contributed by atoms with Crippen LogP contribution in [0.1, 0.15) is 5.69 Å². The molecule has 0 spiro atoms. The zero-order valence-corrected chi connectivity index (χ0v) is 9.07. The minimum Gasteiger partial charge on any atom is -0.366 e. The van der Waals surface area contributed by atoms with Crippen molar-refractivity contribution in [1.82, 2.24) is 9.97 Å². The number of fused-ring (bicyclic) bond motifs is 1. The third-order valence-corrected chi connectivity index (χ3v) is 2.75. The van der Waals surface area contributed by atoms with Crippen LogP contribution in [0.3, 0.4) is 0 Å². The van der Waals surface area contributed by atoms with Gasteiger partial charge in [-0.2, -0.15) is 0 Å². The highest BCUT2D eigenvalue weighted by Crippen LogP contribution is 2.22. The van der Waals surface area contributed by atoms with Gasteiger partial charge >= 0.3 is 0 Å². The van der Waals surface area contributed by atoms with Gasteiger partial charge in [0.15, 0.2) is 0 Å². The monoisotopic (exact) mass is 208 g/mol. The summed E-state index contributed by atoms with van der Waals surface area (Å²) < 4.78 is 0. The summed E-state index contributed by atoms with van der Waals surface area (Å²) in [5.74, 6) is 0. The molecule has 0 amide bonds. The van der Waals surface area contributed by atoms with Crippen molar-refractivity contribution < 1.29 is 0 Å². The van der Waals surface area contributed by atoms with Gasteiger partial charge in [0, 0.05) is 23.7 Å². The average Bonchev–Trinajstić information content (AvgIpc) is 2.75. The molecule has 0 unspecified atom stereocenters. The molecule has 0 aliphatic carbocycles. The second-order valence-electron chi connectivity index (χ2n) is 3.96. The van der Waals surface area contributed by atoms with Crippen molar-refractivity contribution in [3.63, 3.8) is 0 Å². The van der Waals surface area contributed by atoms with E-state index in [-0.39, 0.29) is 0 Å². The number of rotatable bonds is 1. The third kappa shape index (κ3) is 1.48. The van der Waals surface area contributed by atoms with Gasteiger partial charge < -0.3 is 4.98 Å². The Labute approximate surface area is 94.0 Å². The molecule has 1 N–H and O–H groups in total. The zero-order chi connectivity index (χ0) is 11.0. The molecule has 78 valence electrons. The van der Waals surface area contributed by atoms with Crippen LogP contribution in [0.5, 0.6) is 0 Å². The lowest BCUT2D eigenvalue weighted by Gasteiger charge is -2.02. The summed E-state index contributed by atoms with van der Waals surface area (Å²) in [5.41, 5.74) is 3.24. The molecule has 2 aromatic heterocycles. The zero-order valence-electron chi connectivity index (χ0n) is 9.07. The minimum absolute atomic E-state index is 1.03. The summed E-state index contributed by atoms with van der Waals surface area (Å²) in [6.07, 6.45) is 4.01. The lowest BCUT2D eigenvalue weighted by atomic mass is 10.1. The van der Waals surface area contributed by atoms with Gasteiger partial charge in [0.05, 0.1) is 5.69 Å². The molecule has 0 aliphatic rings. The van der Waals surface area contributed by atoms with Crippen molar-refractivity contribution in [1.29, 1.82) is 0 Å². The van der Waals surface area contributed by atoms with E-state index >= 15 is 0 Å². The van der Waals surface area contributed by atoms with Crippen molar-refractivity contribution in [3.8, 4) is 11.3 Å². The molecule has 0 saturated heterocycles. The standard InChI is InChI=1S/C14H12N2/c1-10-3-2-4-14(16-10)11-5-6-12-8-15-9-13(12)7-11/h2-9,15H,1H3. The maximum atomic E-state index is 4.52. The van der Waals surface area contributed by atoms with E-state index < -0.39 is 0 Å². The Bertz CT molecular complexity index is 638. The maximum Gasteiger partial charge on any atom is 0.0705 e. The Kier molecular flexibility index (Phi) is 2.00. The molecule has 0 saturated carbocycles. The summed E-state index contributed by atoms with van der Waals surface area (Å²) >= 11 is 0. The normalized spacial score (nSPS) is 10.8. The van der Waals surface area contributed by atoms with Gasteiger partial charge in [-0.15, -0.1) is 0 Å². The molecule has 1 aromatic carbocycles. The molecule has 2 heteroatoms. The van der Waals surface area contributed by atoms with Crippen molar-refractivity contribution in [2.24, 2.45) is 0 Å². The minimum atomic E-state index is 1.03. The molecule has 2 heterocycles. The van der Waals surface area contributed by atoms with Crippen molar-refractivity contribution in [2.45, 2.75) is 6.92 Å². The van der Waals surface area contributed by atoms with Crippen LogP contribution in [0.25, 0.3) is 22.0 Å². The predicted octanol–water partition coefficient (Wildman–Crippen LogP) is 3.54. The fourth-order valence-electron chi connectivity index (χ4n) is 1.92.